The number of carbonyl (C=O) groups is 2. The van der Waals surface area contributed by atoms with Crippen molar-refractivity contribution in [3.63, 3.8) is 0 Å². The summed E-state index contributed by atoms with van der Waals surface area (Å²) >= 11 is 0.138. The maximum absolute atomic E-state index is 12.6. The van der Waals surface area contributed by atoms with Crippen LogP contribution in [0.5, 0.6) is 11.5 Å². The highest BCUT2D eigenvalue weighted by atomic mass is 32.2. The Morgan fingerprint density at radius 2 is 2.07 bits per heavy atom. The van der Waals surface area contributed by atoms with Gasteiger partial charge in [0, 0.05) is 12.7 Å². The number of pyridine rings is 1. The fourth-order valence-corrected chi connectivity index (χ4v) is 2.95. The fourth-order valence-electron chi connectivity index (χ4n) is 2.39. The van der Waals surface area contributed by atoms with Crippen LogP contribution in [0.3, 0.4) is 0 Å². The van der Waals surface area contributed by atoms with Crippen LogP contribution in [0.1, 0.15) is 22.8 Å². The molecular formula is C18H16F2N2O5S. The van der Waals surface area contributed by atoms with Gasteiger partial charge in [0.2, 0.25) is 6.79 Å². The third-order valence-electron chi connectivity index (χ3n) is 3.75. The lowest BCUT2D eigenvalue weighted by Gasteiger charge is -2.14. The molecule has 1 aliphatic rings. The molecule has 0 saturated heterocycles. The van der Waals surface area contributed by atoms with Crippen molar-refractivity contribution in [2.24, 2.45) is 0 Å². The van der Waals surface area contributed by atoms with Gasteiger partial charge in [0.25, 0.3) is 11.7 Å². The quantitative estimate of drug-likeness (QED) is 0.555. The predicted octanol–water partition coefficient (Wildman–Crippen LogP) is 2.99. The van der Waals surface area contributed by atoms with E-state index in [2.05, 4.69) is 10.3 Å². The molecule has 28 heavy (non-hydrogen) atoms. The molecule has 3 rings (SSSR count). The smallest absolute Gasteiger partial charge is 0.341 e. The monoisotopic (exact) mass is 410 g/mol. The lowest BCUT2D eigenvalue weighted by Crippen LogP contribution is -2.35. The number of hydrogen-bond donors (Lipinski definition) is 1. The number of rotatable bonds is 7. The summed E-state index contributed by atoms with van der Waals surface area (Å²) in [4.78, 5) is 28.2. The molecule has 1 aliphatic heterocycles. The maximum Gasteiger partial charge on any atom is 0.341 e. The molecule has 1 atom stereocenters. The molecule has 0 aliphatic carbocycles. The summed E-state index contributed by atoms with van der Waals surface area (Å²) in [6, 6.07) is 7.99. The number of fused-ring (bicyclic) bond motifs is 1. The van der Waals surface area contributed by atoms with Gasteiger partial charge in [-0.1, -0.05) is 6.07 Å². The van der Waals surface area contributed by atoms with E-state index in [0.29, 0.717) is 11.5 Å². The summed E-state index contributed by atoms with van der Waals surface area (Å²) in [6.45, 7) is 1.73. The molecule has 10 heteroatoms. The van der Waals surface area contributed by atoms with Gasteiger partial charge in [-0.2, -0.15) is 8.78 Å². The molecule has 0 bridgehead atoms. The standard InChI is InChI=1S/C18H16F2N2O5S/c1-10(27-17(24)12-3-2-6-21-16(12)28-18(19)20)15(23)22-8-11-4-5-13-14(7-11)26-9-25-13/h2-7,10,18H,8-9H2,1H3,(H,22,23)/t10-/m1/s1. The Morgan fingerprint density at radius 3 is 2.86 bits per heavy atom. The van der Waals surface area contributed by atoms with Gasteiger partial charge in [0.05, 0.1) is 5.56 Å². The van der Waals surface area contributed by atoms with Crippen LogP contribution in [-0.2, 0) is 16.1 Å². The van der Waals surface area contributed by atoms with Gasteiger partial charge in [-0.25, -0.2) is 9.78 Å². The van der Waals surface area contributed by atoms with Crippen LogP contribution in [0.2, 0.25) is 0 Å². The number of benzene rings is 1. The maximum atomic E-state index is 12.6. The third kappa shape index (κ3) is 4.89. The van der Waals surface area contributed by atoms with Crippen molar-refractivity contribution in [3.05, 3.63) is 47.7 Å². The first-order valence-electron chi connectivity index (χ1n) is 8.21. The third-order valence-corrected chi connectivity index (χ3v) is 4.48. The first-order chi connectivity index (χ1) is 13.4. The van der Waals surface area contributed by atoms with E-state index >= 15 is 0 Å². The minimum atomic E-state index is -2.73. The van der Waals surface area contributed by atoms with Gasteiger partial charge in [-0.3, -0.25) is 4.79 Å². The van der Waals surface area contributed by atoms with E-state index in [4.69, 9.17) is 14.2 Å². The molecule has 0 saturated carbocycles. The Hall–Kier alpha value is -2.88. The SMILES string of the molecule is C[C@@H](OC(=O)c1cccnc1SC(F)F)C(=O)NCc1ccc2c(c1)OCO2. The molecule has 0 spiro atoms. The number of carbonyl (C=O) groups excluding carboxylic acids is 2. The largest absolute Gasteiger partial charge is 0.454 e. The fraction of sp³-hybridized carbons (Fsp3) is 0.278. The zero-order valence-electron chi connectivity index (χ0n) is 14.7. The average molecular weight is 410 g/mol. The zero-order chi connectivity index (χ0) is 20.1. The van der Waals surface area contributed by atoms with E-state index in [1.807, 2.05) is 0 Å². The molecule has 1 aromatic carbocycles. The second kappa shape index (κ2) is 8.87. The Balaban J connectivity index is 1.56. The average Bonchev–Trinajstić information content (AvgIpc) is 3.13. The number of aromatic nitrogens is 1. The molecule has 2 heterocycles. The highest BCUT2D eigenvalue weighted by Crippen LogP contribution is 2.32. The highest BCUT2D eigenvalue weighted by molar-refractivity contribution is 7.99. The number of amides is 1. The topological polar surface area (TPSA) is 86.8 Å². The van der Waals surface area contributed by atoms with E-state index in [9.17, 15) is 18.4 Å². The van der Waals surface area contributed by atoms with E-state index in [0.717, 1.165) is 5.56 Å². The molecule has 2 aromatic rings. The molecule has 0 unspecified atom stereocenters. The van der Waals surface area contributed by atoms with Crippen molar-refractivity contribution in [2.75, 3.05) is 6.79 Å². The summed E-state index contributed by atoms with van der Waals surface area (Å²) in [5.74, 6) is -2.94. The number of nitrogens with zero attached hydrogens (tertiary/aromatic N) is 1. The van der Waals surface area contributed by atoms with Crippen molar-refractivity contribution in [2.45, 2.75) is 30.4 Å². The molecule has 1 aromatic heterocycles. The van der Waals surface area contributed by atoms with E-state index in [-0.39, 0.29) is 35.7 Å². The van der Waals surface area contributed by atoms with Crippen LogP contribution >= 0.6 is 11.8 Å². The van der Waals surface area contributed by atoms with E-state index in [1.54, 1.807) is 18.2 Å². The van der Waals surface area contributed by atoms with Crippen molar-refractivity contribution < 1.29 is 32.6 Å². The first-order valence-corrected chi connectivity index (χ1v) is 9.09. The van der Waals surface area contributed by atoms with Crippen LogP contribution in [0.4, 0.5) is 8.78 Å². The minimum absolute atomic E-state index is 0.122. The molecular weight excluding hydrogens is 394 g/mol. The Morgan fingerprint density at radius 1 is 1.29 bits per heavy atom. The molecule has 0 radical (unpaired) electrons. The van der Waals surface area contributed by atoms with Gasteiger partial charge in [0.1, 0.15) is 5.03 Å². The summed E-state index contributed by atoms with van der Waals surface area (Å²) in [7, 11) is 0. The second-order valence-corrected chi connectivity index (χ2v) is 6.67. The number of hydrogen-bond acceptors (Lipinski definition) is 7. The number of thioether (sulfide) groups is 1. The number of ether oxygens (including phenoxy) is 3. The number of nitrogens with one attached hydrogen (secondary N) is 1. The zero-order valence-corrected chi connectivity index (χ0v) is 15.5. The number of alkyl halides is 2. The number of halogens is 2. The van der Waals surface area contributed by atoms with Gasteiger partial charge < -0.3 is 19.5 Å². The first kappa shape index (κ1) is 19.9. The highest BCUT2D eigenvalue weighted by Gasteiger charge is 2.23. The summed E-state index contributed by atoms with van der Waals surface area (Å²) in [6.07, 6.45) is 0.175. The van der Waals surface area contributed by atoms with Crippen LogP contribution in [0.15, 0.2) is 41.6 Å². The Kier molecular flexibility index (Phi) is 6.30. The van der Waals surface area contributed by atoms with E-state index in [1.165, 1.54) is 25.3 Å². The molecule has 1 N–H and O–H groups in total. The van der Waals surface area contributed by atoms with Crippen molar-refractivity contribution in [3.8, 4) is 11.5 Å². The lowest BCUT2D eigenvalue weighted by atomic mass is 10.2. The van der Waals surface area contributed by atoms with Gasteiger partial charge in [-0.05, 0) is 48.5 Å². The van der Waals surface area contributed by atoms with Gasteiger partial charge in [-0.15, -0.1) is 0 Å². The van der Waals surface area contributed by atoms with Crippen LogP contribution < -0.4 is 14.8 Å². The van der Waals surface area contributed by atoms with Crippen LogP contribution in [0, 0.1) is 0 Å². The summed E-state index contributed by atoms with van der Waals surface area (Å²) in [5.41, 5.74) is 0.655. The molecule has 7 nitrogen and oxygen atoms in total. The Bertz CT molecular complexity index is 881. The van der Waals surface area contributed by atoms with Crippen molar-refractivity contribution in [1.29, 1.82) is 0 Å². The molecule has 1 amide bonds. The van der Waals surface area contributed by atoms with Crippen molar-refractivity contribution >= 4 is 23.6 Å². The number of esters is 1. The van der Waals surface area contributed by atoms with Gasteiger partial charge in [0.15, 0.2) is 17.6 Å². The van der Waals surface area contributed by atoms with Crippen molar-refractivity contribution in [1.82, 2.24) is 10.3 Å². The lowest BCUT2D eigenvalue weighted by molar-refractivity contribution is -0.129. The summed E-state index contributed by atoms with van der Waals surface area (Å²) < 4.78 is 40.8. The normalized spacial score (nSPS) is 13.3. The second-order valence-electron chi connectivity index (χ2n) is 5.69. The van der Waals surface area contributed by atoms with Crippen LogP contribution in [-0.4, -0.2) is 35.5 Å². The molecule has 148 valence electrons. The molecule has 0 fully saturated rings. The van der Waals surface area contributed by atoms with E-state index < -0.39 is 23.7 Å². The Labute approximate surface area is 163 Å². The van der Waals surface area contributed by atoms with Crippen LogP contribution in [0.25, 0.3) is 0 Å². The summed E-state index contributed by atoms with van der Waals surface area (Å²) in [5, 5.41) is 2.48. The van der Waals surface area contributed by atoms with Gasteiger partial charge >= 0.3 is 5.97 Å². The minimum Gasteiger partial charge on any atom is -0.454 e. The predicted molar refractivity (Wildman–Crippen MR) is 95.4 cm³/mol.